The SMILES string of the molecule is COc1ccc(NC(=O)c2cc(NS(=O)(=O)c3ccc(C)cc3)ccc2Cl)c(OC)c1. The van der Waals surface area contributed by atoms with Gasteiger partial charge in [-0.3, -0.25) is 9.52 Å². The first-order valence-electron chi connectivity index (χ1n) is 9.16. The minimum Gasteiger partial charge on any atom is -0.497 e. The van der Waals surface area contributed by atoms with Crippen LogP contribution in [-0.4, -0.2) is 28.5 Å². The summed E-state index contributed by atoms with van der Waals surface area (Å²) in [5.74, 6) is 0.449. The molecule has 2 N–H and O–H groups in total. The number of hydrogen-bond acceptors (Lipinski definition) is 5. The van der Waals surface area contributed by atoms with Crippen molar-refractivity contribution in [2.45, 2.75) is 11.8 Å². The molecule has 0 aliphatic heterocycles. The summed E-state index contributed by atoms with van der Waals surface area (Å²) < 4.78 is 38.2. The molecule has 31 heavy (non-hydrogen) atoms. The lowest BCUT2D eigenvalue weighted by Gasteiger charge is -2.13. The molecule has 0 bridgehead atoms. The van der Waals surface area contributed by atoms with E-state index in [-0.39, 0.29) is 21.2 Å². The summed E-state index contributed by atoms with van der Waals surface area (Å²) >= 11 is 6.19. The molecule has 0 heterocycles. The highest BCUT2D eigenvalue weighted by atomic mass is 35.5. The van der Waals surface area contributed by atoms with Crippen LogP contribution in [0.25, 0.3) is 0 Å². The summed E-state index contributed by atoms with van der Waals surface area (Å²) in [4.78, 5) is 12.9. The Morgan fingerprint density at radius 2 is 1.65 bits per heavy atom. The van der Waals surface area contributed by atoms with Crippen molar-refractivity contribution < 1.29 is 22.7 Å². The number of carbonyl (C=O) groups excluding carboxylic acids is 1. The second-order valence-corrected chi connectivity index (χ2v) is 8.72. The maximum atomic E-state index is 12.8. The molecule has 0 aliphatic carbocycles. The molecule has 0 fully saturated rings. The molecule has 0 aliphatic rings. The van der Waals surface area contributed by atoms with Gasteiger partial charge < -0.3 is 14.8 Å². The minimum atomic E-state index is -3.82. The van der Waals surface area contributed by atoms with Crippen molar-refractivity contribution in [1.82, 2.24) is 0 Å². The van der Waals surface area contributed by atoms with Gasteiger partial charge in [0.05, 0.1) is 35.4 Å². The van der Waals surface area contributed by atoms with E-state index in [9.17, 15) is 13.2 Å². The number of sulfonamides is 1. The van der Waals surface area contributed by atoms with E-state index in [1.807, 2.05) is 6.92 Å². The predicted molar refractivity (Wildman–Crippen MR) is 121 cm³/mol. The number of amides is 1. The van der Waals surface area contributed by atoms with Crippen molar-refractivity contribution in [3.8, 4) is 11.5 Å². The fraction of sp³-hybridized carbons (Fsp3) is 0.136. The number of rotatable bonds is 7. The molecule has 0 unspecified atom stereocenters. The molecule has 0 aromatic heterocycles. The van der Waals surface area contributed by atoms with Crippen LogP contribution in [0, 0.1) is 6.92 Å². The van der Waals surface area contributed by atoms with Crippen LogP contribution in [0.1, 0.15) is 15.9 Å². The van der Waals surface area contributed by atoms with Gasteiger partial charge in [0, 0.05) is 11.8 Å². The summed E-state index contributed by atoms with van der Waals surface area (Å²) in [5.41, 5.74) is 1.66. The van der Waals surface area contributed by atoms with Gasteiger partial charge >= 0.3 is 0 Å². The first-order valence-corrected chi connectivity index (χ1v) is 11.0. The lowest BCUT2D eigenvalue weighted by Crippen LogP contribution is -2.16. The van der Waals surface area contributed by atoms with Crippen molar-refractivity contribution in [3.63, 3.8) is 0 Å². The van der Waals surface area contributed by atoms with E-state index in [0.29, 0.717) is 17.2 Å². The molecule has 0 spiro atoms. The number of nitrogens with one attached hydrogen (secondary N) is 2. The van der Waals surface area contributed by atoms with E-state index < -0.39 is 15.9 Å². The highest BCUT2D eigenvalue weighted by molar-refractivity contribution is 7.92. The molecule has 9 heteroatoms. The van der Waals surface area contributed by atoms with Crippen LogP contribution in [0.4, 0.5) is 11.4 Å². The van der Waals surface area contributed by atoms with Gasteiger partial charge in [-0.05, 0) is 49.4 Å². The third-order valence-corrected chi connectivity index (χ3v) is 6.18. The summed E-state index contributed by atoms with van der Waals surface area (Å²) in [7, 11) is -0.827. The molecule has 162 valence electrons. The summed E-state index contributed by atoms with van der Waals surface area (Å²) in [6.45, 7) is 1.87. The van der Waals surface area contributed by atoms with Gasteiger partial charge in [-0.1, -0.05) is 29.3 Å². The predicted octanol–water partition coefficient (Wildman–Crippen LogP) is 4.72. The lowest BCUT2D eigenvalue weighted by atomic mass is 10.1. The van der Waals surface area contributed by atoms with Gasteiger partial charge in [-0.25, -0.2) is 8.42 Å². The molecule has 0 radical (unpaired) electrons. The average Bonchev–Trinajstić information content (AvgIpc) is 2.75. The number of benzene rings is 3. The van der Waals surface area contributed by atoms with E-state index in [2.05, 4.69) is 10.0 Å². The van der Waals surface area contributed by atoms with E-state index in [1.165, 1.54) is 44.6 Å². The van der Waals surface area contributed by atoms with Crippen molar-refractivity contribution >= 4 is 38.9 Å². The molecule has 3 aromatic carbocycles. The van der Waals surface area contributed by atoms with Crippen LogP contribution < -0.4 is 19.5 Å². The van der Waals surface area contributed by atoms with Gasteiger partial charge in [0.25, 0.3) is 15.9 Å². The van der Waals surface area contributed by atoms with Gasteiger partial charge in [0.1, 0.15) is 11.5 Å². The van der Waals surface area contributed by atoms with Gasteiger partial charge in [0.2, 0.25) is 0 Å². The number of ether oxygens (including phenoxy) is 2. The Bertz CT molecular complexity index is 1210. The second-order valence-electron chi connectivity index (χ2n) is 6.63. The molecule has 0 saturated heterocycles. The molecule has 0 saturated carbocycles. The number of methoxy groups -OCH3 is 2. The Morgan fingerprint density at radius 1 is 0.935 bits per heavy atom. The summed E-state index contributed by atoms with van der Waals surface area (Å²) in [6.07, 6.45) is 0. The van der Waals surface area contributed by atoms with Crippen LogP contribution in [0.5, 0.6) is 11.5 Å². The monoisotopic (exact) mass is 460 g/mol. The highest BCUT2D eigenvalue weighted by Crippen LogP contribution is 2.30. The number of aryl methyl sites for hydroxylation is 1. The second kappa shape index (κ2) is 9.28. The minimum absolute atomic E-state index is 0.101. The molecule has 3 aromatic rings. The van der Waals surface area contributed by atoms with E-state index >= 15 is 0 Å². The maximum absolute atomic E-state index is 12.8. The van der Waals surface area contributed by atoms with Crippen LogP contribution >= 0.6 is 11.6 Å². The van der Waals surface area contributed by atoms with E-state index in [1.54, 1.807) is 30.3 Å². The van der Waals surface area contributed by atoms with Crippen molar-refractivity contribution in [2.24, 2.45) is 0 Å². The maximum Gasteiger partial charge on any atom is 0.261 e. The molecular weight excluding hydrogens is 440 g/mol. The standard InChI is InChI=1S/C22H21ClN2O5S/c1-14-4-8-17(9-5-14)31(27,28)25-15-6-10-19(23)18(12-15)22(26)24-20-11-7-16(29-2)13-21(20)30-3/h4-13,25H,1-3H3,(H,24,26). The average molecular weight is 461 g/mol. The normalized spacial score (nSPS) is 11.0. The topological polar surface area (TPSA) is 93.7 Å². The lowest BCUT2D eigenvalue weighted by molar-refractivity contribution is 0.102. The summed E-state index contributed by atoms with van der Waals surface area (Å²) in [5, 5.41) is 2.89. The van der Waals surface area contributed by atoms with E-state index in [4.69, 9.17) is 21.1 Å². The Morgan fingerprint density at radius 3 is 2.29 bits per heavy atom. The van der Waals surface area contributed by atoms with Crippen LogP contribution in [-0.2, 0) is 10.0 Å². The largest absolute Gasteiger partial charge is 0.497 e. The smallest absolute Gasteiger partial charge is 0.261 e. The van der Waals surface area contributed by atoms with Crippen LogP contribution in [0.2, 0.25) is 5.02 Å². The Balaban J connectivity index is 1.85. The Kier molecular flexibility index (Phi) is 6.72. The zero-order valence-electron chi connectivity index (χ0n) is 17.1. The molecule has 3 rings (SSSR count). The Labute approximate surface area is 186 Å². The van der Waals surface area contributed by atoms with Crippen molar-refractivity contribution in [1.29, 1.82) is 0 Å². The number of carbonyl (C=O) groups is 1. The highest BCUT2D eigenvalue weighted by Gasteiger charge is 2.18. The molecular formula is C22H21ClN2O5S. The molecule has 1 amide bonds. The number of halogens is 1. The molecule has 7 nitrogen and oxygen atoms in total. The third-order valence-electron chi connectivity index (χ3n) is 4.45. The van der Waals surface area contributed by atoms with Gasteiger partial charge in [-0.15, -0.1) is 0 Å². The van der Waals surface area contributed by atoms with Crippen LogP contribution in [0.3, 0.4) is 0 Å². The van der Waals surface area contributed by atoms with Crippen molar-refractivity contribution in [3.05, 3.63) is 76.8 Å². The van der Waals surface area contributed by atoms with Crippen molar-refractivity contribution in [2.75, 3.05) is 24.3 Å². The zero-order valence-corrected chi connectivity index (χ0v) is 18.7. The Hall–Kier alpha value is -3.23. The molecule has 0 atom stereocenters. The van der Waals surface area contributed by atoms with E-state index in [0.717, 1.165) is 5.56 Å². The van der Waals surface area contributed by atoms with Gasteiger partial charge in [-0.2, -0.15) is 0 Å². The van der Waals surface area contributed by atoms with Crippen LogP contribution in [0.15, 0.2) is 65.6 Å². The fourth-order valence-corrected chi connectivity index (χ4v) is 4.04. The first-order chi connectivity index (χ1) is 14.7. The summed E-state index contributed by atoms with van der Waals surface area (Å²) in [6, 6.07) is 15.7. The van der Waals surface area contributed by atoms with Gasteiger partial charge in [0.15, 0.2) is 0 Å². The zero-order chi connectivity index (χ0) is 22.6. The fourth-order valence-electron chi connectivity index (χ4n) is 2.79. The quantitative estimate of drug-likeness (QED) is 0.532. The number of hydrogen-bond donors (Lipinski definition) is 2. The first kappa shape index (κ1) is 22.5. The number of anilines is 2. The third kappa shape index (κ3) is 5.28.